The van der Waals surface area contributed by atoms with Crippen molar-refractivity contribution in [3.63, 3.8) is 0 Å². The summed E-state index contributed by atoms with van der Waals surface area (Å²) < 4.78 is 0. The standard InChI is InChI=1S/C19H28N2O3/c1-2-3-6-18(22)20-17-9-7-15(8-10-17)11-13-21-12-4-5-16(14-21)19(23)24/h7-10,16H,2-6,11-14H2,1H3,(H,20,22)(H,23,24). The van der Waals surface area contributed by atoms with E-state index in [9.17, 15) is 9.59 Å². The lowest BCUT2D eigenvalue weighted by Crippen LogP contribution is -2.39. The molecule has 1 amide bonds. The normalized spacial score (nSPS) is 18.3. The summed E-state index contributed by atoms with van der Waals surface area (Å²) >= 11 is 0. The van der Waals surface area contributed by atoms with E-state index in [0.717, 1.165) is 50.9 Å². The Morgan fingerprint density at radius 1 is 1.29 bits per heavy atom. The van der Waals surface area contributed by atoms with Crippen molar-refractivity contribution >= 4 is 17.6 Å². The first-order valence-corrected chi connectivity index (χ1v) is 8.92. The molecule has 1 aromatic rings. The van der Waals surface area contributed by atoms with Crippen LogP contribution in [0.25, 0.3) is 0 Å². The quantitative estimate of drug-likeness (QED) is 0.767. The van der Waals surface area contributed by atoms with Gasteiger partial charge >= 0.3 is 5.97 Å². The second-order valence-electron chi connectivity index (χ2n) is 6.58. The smallest absolute Gasteiger partial charge is 0.307 e. The number of nitrogens with one attached hydrogen (secondary N) is 1. The van der Waals surface area contributed by atoms with Gasteiger partial charge in [0.05, 0.1) is 5.92 Å². The van der Waals surface area contributed by atoms with E-state index in [4.69, 9.17) is 5.11 Å². The minimum absolute atomic E-state index is 0.0672. The lowest BCUT2D eigenvalue weighted by Gasteiger charge is -2.30. The van der Waals surface area contributed by atoms with Gasteiger partial charge in [-0.25, -0.2) is 0 Å². The third kappa shape index (κ3) is 5.96. The van der Waals surface area contributed by atoms with Gasteiger partial charge in [-0.2, -0.15) is 0 Å². The Hall–Kier alpha value is -1.88. The van der Waals surface area contributed by atoms with Crippen LogP contribution in [0.2, 0.25) is 0 Å². The van der Waals surface area contributed by atoms with Gasteiger partial charge in [0.2, 0.25) is 5.91 Å². The summed E-state index contributed by atoms with van der Waals surface area (Å²) in [5.74, 6) is -0.833. The molecule has 1 unspecified atom stereocenters. The van der Waals surface area contributed by atoms with E-state index in [2.05, 4.69) is 17.1 Å². The molecule has 1 atom stereocenters. The fraction of sp³-hybridized carbons (Fsp3) is 0.579. The molecule has 5 nitrogen and oxygen atoms in total. The molecule has 1 aromatic carbocycles. The van der Waals surface area contributed by atoms with Crippen molar-refractivity contribution < 1.29 is 14.7 Å². The maximum absolute atomic E-state index is 11.7. The van der Waals surface area contributed by atoms with Gasteiger partial charge in [-0.15, -0.1) is 0 Å². The van der Waals surface area contributed by atoms with E-state index in [0.29, 0.717) is 13.0 Å². The first-order valence-electron chi connectivity index (χ1n) is 8.92. The highest BCUT2D eigenvalue weighted by molar-refractivity contribution is 5.90. The number of piperidine rings is 1. The van der Waals surface area contributed by atoms with Crippen LogP contribution in [0.1, 0.15) is 44.6 Å². The molecule has 0 aromatic heterocycles. The molecule has 1 heterocycles. The van der Waals surface area contributed by atoms with Crippen LogP contribution in [0.4, 0.5) is 5.69 Å². The lowest BCUT2D eigenvalue weighted by molar-refractivity contribution is -0.143. The van der Waals surface area contributed by atoms with Gasteiger partial charge in [0.25, 0.3) is 0 Å². The van der Waals surface area contributed by atoms with E-state index in [1.165, 1.54) is 5.56 Å². The summed E-state index contributed by atoms with van der Waals surface area (Å²) in [5, 5.41) is 12.0. The number of carboxylic acids is 1. The highest BCUT2D eigenvalue weighted by atomic mass is 16.4. The Morgan fingerprint density at radius 2 is 2.04 bits per heavy atom. The fourth-order valence-electron chi connectivity index (χ4n) is 3.06. The Bertz CT molecular complexity index is 542. The molecule has 0 saturated carbocycles. The third-order valence-corrected chi connectivity index (χ3v) is 4.57. The van der Waals surface area contributed by atoms with Crippen LogP contribution in [0.3, 0.4) is 0 Å². The van der Waals surface area contributed by atoms with Crippen LogP contribution in [0.5, 0.6) is 0 Å². The number of rotatable bonds is 8. The molecule has 0 aliphatic carbocycles. The third-order valence-electron chi connectivity index (χ3n) is 4.57. The summed E-state index contributed by atoms with van der Waals surface area (Å²) in [6.07, 6.45) is 5.15. The van der Waals surface area contributed by atoms with Gasteiger partial charge in [-0.05, 0) is 49.9 Å². The number of unbranched alkanes of at least 4 members (excludes halogenated alkanes) is 1. The zero-order valence-corrected chi connectivity index (χ0v) is 14.5. The van der Waals surface area contributed by atoms with Gasteiger partial charge in [-0.3, -0.25) is 9.59 Å². The highest BCUT2D eigenvalue weighted by Gasteiger charge is 2.24. The number of nitrogens with zero attached hydrogens (tertiary/aromatic N) is 1. The average molecular weight is 332 g/mol. The lowest BCUT2D eigenvalue weighted by atomic mass is 9.98. The second-order valence-corrected chi connectivity index (χ2v) is 6.58. The number of likely N-dealkylation sites (tertiary alicyclic amines) is 1. The number of anilines is 1. The number of carbonyl (C=O) groups excluding carboxylic acids is 1. The molecular formula is C19H28N2O3. The number of carbonyl (C=O) groups is 2. The summed E-state index contributed by atoms with van der Waals surface area (Å²) in [6.45, 7) is 4.59. The molecule has 1 aliphatic heterocycles. The summed E-state index contributed by atoms with van der Waals surface area (Å²) in [6, 6.07) is 7.95. The molecular weight excluding hydrogens is 304 g/mol. The summed E-state index contributed by atoms with van der Waals surface area (Å²) in [4.78, 5) is 25.1. The Balaban J connectivity index is 1.77. The van der Waals surface area contributed by atoms with Gasteiger partial charge in [-0.1, -0.05) is 25.5 Å². The number of hydrogen-bond donors (Lipinski definition) is 2. The molecule has 0 radical (unpaired) electrons. The van der Waals surface area contributed by atoms with E-state index >= 15 is 0 Å². The van der Waals surface area contributed by atoms with Gasteiger partial charge in [0.15, 0.2) is 0 Å². The van der Waals surface area contributed by atoms with E-state index in [1.807, 2.05) is 24.3 Å². The maximum atomic E-state index is 11.7. The Kier molecular flexibility index (Phi) is 7.25. The first kappa shape index (κ1) is 18.5. The zero-order valence-electron chi connectivity index (χ0n) is 14.5. The zero-order chi connectivity index (χ0) is 17.4. The molecule has 0 bridgehead atoms. The van der Waals surface area contributed by atoms with E-state index in [-0.39, 0.29) is 11.8 Å². The van der Waals surface area contributed by atoms with E-state index < -0.39 is 5.97 Å². The highest BCUT2D eigenvalue weighted by Crippen LogP contribution is 2.17. The van der Waals surface area contributed by atoms with Crippen molar-refractivity contribution in [2.24, 2.45) is 5.92 Å². The average Bonchev–Trinajstić information content (AvgIpc) is 2.59. The van der Waals surface area contributed by atoms with Crippen molar-refractivity contribution in [3.8, 4) is 0 Å². The van der Waals surface area contributed by atoms with Gasteiger partial charge in [0, 0.05) is 25.2 Å². The largest absolute Gasteiger partial charge is 0.481 e. The number of hydrogen-bond acceptors (Lipinski definition) is 3. The van der Waals surface area contributed by atoms with Crippen LogP contribution in [0.15, 0.2) is 24.3 Å². The van der Waals surface area contributed by atoms with Crippen LogP contribution < -0.4 is 5.32 Å². The van der Waals surface area contributed by atoms with Crippen molar-refractivity contribution in [3.05, 3.63) is 29.8 Å². The van der Waals surface area contributed by atoms with Crippen molar-refractivity contribution in [1.82, 2.24) is 4.90 Å². The molecule has 2 N–H and O–H groups in total. The van der Waals surface area contributed by atoms with Gasteiger partial charge < -0.3 is 15.3 Å². The number of benzene rings is 1. The monoisotopic (exact) mass is 332 g/mol. The minimum Gasteiger partial charge on any atom is -0.481 e. The minimum atomic E-state index is -0.678. The topological polar surface area (TPSA) is 69.6 Å². The van der Waals surface area contributed by atoms with Crippen molar-refractivity contribution in [2.75, 3.05) is 25.0 Å². The van der Waals surface area contributed by atoms with Gasteiger partial charge in [0.1, 0.15) is 0 Å². The summed E-state index contributed by atoms with van der Waals surface area (Å²) in [7, 11) is 0. The molecule has 0 spiro atoms. The number of carboxylic acid groups (broad SMARTS) is 1. The predicted octanol–water partition coefficient (Wildman–Crippen LogP) is 3.15. The fourth-order valence-corrected chi connectivity index (χ4v) is 3.06. The molecule has 132 valence electrons. The van der Waals surface area contributed by atoms with Crippen LogP contribution in [-0.4, -0.2) is 41.5 Å². The maximum Gasteiger partial charge on any atom is 0.307 e. The van der Waals surface area contributed by atoms with Crippen LogP contribution in [0, 0.1) is 5.92 Å². The van der Waals surface area contributed by atoms with Crippen molar-refractivity contribution in [2.45, 2.75) is 45.4 Å². The predicted molar refractivity (Wildman–Crippen MR) is 95.1 cm³/mol. The first-order chi connectivity index (χ1) is 11.6. The molecule has 2 rings (SSSR count). The molecule has 1 aliphatic rings. The molecule has 24 heavy (non-hydrogen) atoms. The Labute approximate surface area is 144 Å². The second kappa shape index (κ2) is 9.42. The molecule has 1 fully saturated rings. The van der Waals surface area contributed by atoms with Crippen LogP contribution in [-0.2, 0) is 16.0 Å². The molecule has 5 heteroatoms. The van der Waals surface area contributed by atoms with Crippen molar-refractivity contribution in [1.29, 1.82) is 0 Å². The Morgan fingerprint density at radius 3 is 2.71 bits per heavy atom. The number of aliphatic carboxylic acids is 1. The summed E-state index contributed by atoms with van der Waals surface area (Å²) in [5.41, 5.74) is 2.04. The SMILES string of the molecule is CCCCC(=O)Nc1ccc(CCN2CCCC(C(=O)O)C2)cc1. The molecule has 1 saturated heterocycles. The van der Waals surface area contributed by atoms with E-state index in [1.54, 1.807) is 0 Å². The number of amides is 1. The van der Waals surface area contributed by atoms with Crippen LogP contribution >= 0.6 is 0 Å².